The molecule has 10 nitrogen and oxygen atoms in total. The molecule has 0 spiro atoms. The standard InChI is InChI=1S/C17H13BrN6O4S/c1-23-9-19-22-17(23)29-14-7-4-11(8-13(14)24(27)28)16(26)21-20-15(25)10-2-5-12(18)6-3-10/h2-9H,1H3,(H,20,25)(H,21,26). The average Bonchev–Trinajstić information content (AvgIpc) is 3.11. The smallest absolute Gasteiger partial charge is 0.284 e. The Balaban J connectivity index is 1.72. The minimum Gasteiger partial charge on any atom is -0.311 e. The van der Waals surface area contributed by atoms with Crippen molar-refractivity contribution in [3.63, 3.8) is 0 Å². The second-order valence-electron chi connectivity index (χ2n) is 5.68. The zero-order valence-corrected chi connectivity index (χ0v) is 17.2. The Kier molecular flexibility index (Phi) is 6.24. The van der Waals surface area contributed by atoms with Crippen LogP contribution >= 0.6 is 27.7 Å². The highest BCUT2D eigenvalue weighted by molar-refractivity contribution is 9.10. The van der Waals surface area contributed by atoms with Crippen molar-refractivity contribution in [1.82, 2.24) is 25.6 Å². The largest absolute Gasteiger partial charge is 0.311 e. The molecule has 2 N–H and O–H groups in total. The molecule has 1 heterocycles. The molecule has 2 amide bonds. The first-order chi connectivity index (χ1) is 13.8. The minimum atomic E-state index is -0.686. The molecule has 0 bridgehead atoms. The van der Waals surface area contributed by atoms with E-state index < -0.39 is 16.7 Å². The Morgan fingerprint density at radius 1 is 1.10 bits per heavy atom. The molecule has 3 aromatic rings. The summed E-state index contributed by atoms with van der Waals surface area (Å²) in [4.78, 5) is 35.5. The molecule has 0 saturated carbocycles. The Morgan fingerprint density at radius 2 is 1.72 bits per heavy atom. The van der Waals surface area contributed by atoms with E-state index in [0.717, 1.165) is 22.3 Å². The summed E-state index contributed by atoms with van der Waals surface area (Å²) >= 11 is 4.32. The molecular formula is C17H13BrN6O4S. The predicted molar refractivity (Wildman–Crippen MR) is 107 cm³/mol. The molecule has 0 aliphatic carbocycles. The number of halogens is 1. The van der Waals surface area contributed by atoms with Gasteiger partial charge in [-0.25, -0.2) is 0 Å². The van der Waals surface area contributed by atoms with Crippen molar-refractivity contribution in [3.8, 4) is 0 Å². The molecule has 0 aliphatic heterocycles. The van der Waals surface area contributed by atoms with E-state index in [9.17, 15) is 19.7 Å². The van der Waals surface area contributed by atoms with Crippen LogP contribution in [0.15, 0.2) is 63.3 Å². The van der Waals surface area contributed by atoms with E-state index in [1.54, 1.807) is 35.9 Å². The molecule has 0 fully saturated rings. The number of nitrogens with zero attached hydrogens (tertiary/aromatic N) is 4. The molecule has 3 rings (SSSR count). The number of hydrogen-bond acceptors (Lipinski definition) is 7. The van der Waals surface area contributed by atoms with Crippen LogP contribution in [-0.2, 0) is 7.05 Å². The van der Waals surface area contributed by atoms with Gasteiger partial charge in [0.25, 0.3) is 17.5 Å². The third-order valence-corrected chi connectivity index (χ3v) is 5.33. The molecule has 0 saturated heterocycles. The van der Waals surface area contributed by atoms with Crippen LogP contribution in [0.2, 0.25) is 0 Å². The quantitative estimate of drug-likeness (QED) is 0.427. The Hall–Kier alpha value is -3.25. The summed E-state index contributed by atoms with van der Waals surface area (Å²) in [5.41, 5.74) is 4.63. The number of rotatable bonds is 5. The lowest BCUT2D eigenvalue weighted by Gasteiger charge is -2.08. The number of hydrazine groups is 1. The number of aryl methyl sites for hydroxylation is 1. The van der Waals surface area contributed by atoms with Crippen molar-refractivity contribution in [3.05, 3.63) is 74.5 Å². The van der Waals surface area contributed by atoms with Gasteiger partial charge in [0.1, 0.15) is 6.33 Å². The lowest BCUT2D eigenvalue weighted by molar-refractivity contribution is -0.387. The van der Waals surface area contributed by atoms with Crippen LogP contribution in [0.3, 0.4) is 0 Å². The summed E-state index contributed by atoms with van der Waals surface area (Å²) in [7, 11) is 1.71. The highest BCUT2D eigenvalue weighted by Crippen LogP contribution is 2.34. The number of carbonyl (C=O) groups excluding carboxylic acids is 2. The fourth-order valence-electron chi connectivity index (χ4n) is 2.21. The van der Waals surface area contributed by atoms with E-state index in [-0.39, 0.29) is 11.3 Å². The van der Waals surface area contributed by atoms with Gasteiger partial charge < -0.3 is 4.57 Å². The zero-order chi connectivity index (χ0) is 21.0. The van der Waals surface area contributed by atoms with Crippen LogP contribution in [-0.4, -0.2) is 31.5 Å². The third-order valence-electron chi connectivity index (χ3n) is 3.68. The monoisotopic (exact) mass is 476 g/mol. The van der Waals surface area contributed by atoms with Crippen molar-refractivity contribution >= 4 is 45.2 Å². The van der Waals surface area contributed by atoms with Gasteiger partial charge >= 0.3 is 0 Å². The summed E-state index contributed by atoms with van der Waals surface area (Å²) in [5.74, 6) is -1.21. The Morgan fingerprint density at radius 3 is 2.31 bits per heavy atom. The number of nitro benzene ring substituents is 1. The van der Waals surface area contributed by atoms with Crippen molar-refractivity contribution < 1.29 is 14.5 Å². The first kappa shape index (κ1) is 20.5. The first-order valence-electron chi connectivity index (χ1n) is 8.01. The molecule has 0 radical (unpaired) electrons. The van der Waals surface area contributed by atoms with E-state index in [2.05, 4.69) is 37.0 Å². The summed E-state index contributed by atoms with van der Waals surface area (Å²) in [6.45, 7) is 0. The van der Waals surface area contributed by atoms with Gasteiger partial charge in [-0.15, -0.1) is 10.2 Å². The number of nitrogens with one attached hydrogen (secondary N) is 2. The van der Waals surface area contributed by atoms with Gasteiger partial charge in [-0.05, 0) is 48.2 Å². The van der Waals surface area contributed by atoms with Gasteiger partial charge in [0.05, 0.1) is 9.82 Å². The molecular weight excluding hydrogens is 464 g/mol. The van der Waals surface area contributed by atoms with Gasteiger partial charge in [0.15, 0.2) is 5.16 Å². The maximum atomic E-state index is 12.3. The number of hydrogen-bond donors (Lipinski definition) is 2. The van der Waals surface area contributed by atoms with E-state index in [4.69, 9.17) is 0 Å². The number of benzene rings is 2. The summed E-state index contributed by atoms with van der Waals surface area (Å²) in [6, 6.07) is 10.5. The highest BCUT2D eigenvalue weighted by Gasteiger charge is 2.20. The SMILES string of the molecule is Cn1cnnc1Sc1ccc(C(=O)NNC(=O)c2ccc(Br)cc2)cc1[N+](=O)[O-]. The predicted octanol–water partition coefficient (Wildman–Crippen LogP) is 2.71. The number of carbonyl (C=O) groups is 2. The van der Waals surface area contributed by atoms with Gasteiger partial charge in [0.2, 0.25) is 0 Å². The van der Waals surface area contributed by atoms with Gasteiger partial charge in [-0.3, -0.25) is 30.6 Å². The fraction of sp³-hybridized carbons (Fsp3) is 0.0588. The number of amides is 2. The maximum absolute atomic E-state index is 12.3. The van der Waals surface area contributed by atoms with Crippen molar-refractivity contribution in [2.24, 2.45) is 7.05 Å². The van der Waals surface area contributed by atoms with Crippen LogP contribution in [0, 0.1) is 10.1 Å². The summed E-state index contributed by atoms with van der Waals surface area (Å²) < 4.78 is 2.43. The van der Waals surface area contributed by atoms with Gasteiger partial charge in [-0.2, -0.15) is 0 Å². The first-order valence-corrected chi connectivity index (χ1v) is 9.62. The summed E-state index contributed by atoms with van der Waals surface area (Å²) in [6.07, 6.45) is 1.48. The fourth-order valence-corrected chi connectivity index (χ4v) is 3.32. The van der Waals surface area contributed by atoms with E-state index in [0.29, 0.717) is 15.6 Å². The Labute approximate surface area is 177 Å². The van der Waals surface area contributed by atoms with Crippen LogP contribution in [0.5, 0.6) is 0 Å². The molecule has 0 aliphatic rings. The lowest BCUT2D eigenvalue weighted by Crippen LogP contribution is -2.41. The van der Waals surface area contributed by atoms with Crippen LogP contribution < -0.4 is 10.9 Å². The molecule has 148 valence electrons. The van der Waals surface area contributed by atoms with Crippen molar-refractivity contribution in [2.45, 2.75) is 10.1 Å². The van der Waals surface area contributed by atoms with E-state index >= 15 is 0 Å². The molecule has 0 atom stereocenters. The van der Waals surface area contributed by atoms with E-state index in [1.807, 2.05) is 0 Å². The molecule has 2 aromatic carbocycles. The number of aromatic nitrogens is 3. The van der Waals surface area contributed by atoms with Crippen molar-refractivity contribution in [2.75, 3.05) is 0 Å². The summed E-state index contributed by atoms with van der Waals surface area (Å²) in [5, 5.41) is 19.5. The highest BCUT2D eigenvalue weighted by atomic mass is 79.9. The zero-order valence-electron chi connectivity index (χ0n) is 14.8. The third kappa shape index (κ3) is 4.97. The van der Waals surface area contributed by atoms with Crippen LogP contribution in [0.25, 0.3) is 0 Å². The van der Waals surface area contributed by atoms with Crippen LogP contribution in [0.1, 0.15) is 20.7 Å². The molecule has 0 unspecified atom stereocenters. The second kappa shape index (κ2) is 8.84. The van der Waals surface area contributed by atoms with Gasteiger partial charge in [0, 0.05) is 28.7 Å². The van der Waals surface area contributed by atoms with E-state index in [1.165, 1.54) is 18.5 Å². The molecule has 29 heavy (non-hydrogen) atoms. The van der Waals surface area contributed by atoms with Crippen LogP contribution in [0.4, 0.5) is 5.69 Å². The molecule has 12 heteroatoms. The minimum absolute atomic E-state index is 0.0233. The van der Waals surface area contributed by atoms with Gasteiger partial charge in [-0.1, -0.05) is 15.9 Å². The number of nitro groups is 1. The normalized spacial score (nSPS) is 10.4. The topological polar surface area (TPSA) is 132 Å². The lowest BCUT2D eigenvalue weighted by atomic mass is 10.2. The average molecular weight is 477 g/mol. The second-order valence-corrected chi connectivity index (χ2v) is 7.61. The maximum Gasteiger partial charge on any atom is 0.284 e. The van der Waals surface area contributed by atoms with Crippen molar-refractivity contribution in [1.29, 1.82) is 0 Å². The molecule has 1 aromatic heterocycles. The Bertz CT molecular complexity index is 1090.